The van der Waals surface area contributed by atoms with Crippen LogP contribution in [-0.4, -0.2) is 33.9 Å². The average Bonchev–Trinajstić information content (AvgIpc) is 3.26. The first kappa shape index (κ1) is 22.7. The molecule has 0 aliphatic carbocycles. The summed E-state index contributed by atoms with van der Waals surface area (Å²) in [4.78, 5) is 17.7. The summed E-state index contributed by atoms with van der Waals surface area (Å²) in [5.74, 6) is 1.24. The van der Waals surface area contributed by atoms with Gasteiger partial charge in [-0.2, -0.15) is 5.10 Å². The number of nitrogens with one attached hydrogen (secondary N) is 1. The maximum Gasteiger partial charge on any atom is 0.276 e. The lowest BCUT2D eigenvalue weighted by Crippen LogP contribution is -2.25. The summed E-state index contributed by atoms with van der Waals surface area (Å²) in [7, 11) is 0. The molecule has 178 valence electrons. The fourth-order valence-corrected chi connectivity index (χ4v) is 4.17. The van der Waals surface area contributed by atoms with Gasteiger partial charge < -0.3 is 14.8 Å². The molecule has 0 saturated heterocycles. The van der Waals surface area contributed by atoms with Gasteiger partial charge in [0, 0.05) is 22.5 Å². The number of hydrogen-bond acceptors (Lipinski definition) is 5. The molecule has 35 heavy (non-hydrogen) atoms. The molecule has 3 heterocycles. The number of aromatic nitrogens is 3. The van der Waals surface area contributed by atoms with Crippen molar-refractivity contribution in [2.45, 2.75) is 33.2 Å². The van der Waals surface area contributed by atoms with Crippen molar-refractivity contribution in [3.8, 4) is 34.0 Å². The molecule has 0 fully saturated rings. The molecular formula is C28H28N4O3. The van der Waals surface area contributed by atoms with Gasteiger partial charge in [-0.3, -0.25) is 9.48 Å². The highest BCUT2D eigenvalue weighted by molar-refractivity contribution is 6.03. The lowest BCUT2D eigenvalue weighted by Gasteiger charge is -2.21. The van der Waals surface area contributed by atoms with E-state index in [0.717, 1.165) is 39.7 Å². The van der Waals surface area contributed by atoms with Crippen molar-refractivity contribution in [3.05, 3.63) is 78.1 Å². The molecule has 0 bridgehead atoms. The summed E-state index contributed by atoms with van der Waals surface area (Å²) in [5, 5.41) is 7.47. The zero-order valence-electron chi connectivity index (χ0n) is 20.3. The van der Waals surface area contributed by atoms with Crippen molar-refractivity contribution in [3.63, 3.8) is 0 Å². The molecule has 0 unspecified atom stereocenters. The van der Waals surface area contributed by atoms with Gasteiger partial charge >= 0.3 is 0 Å². The maximum absolute atomic E-state index is 12.9. The van der Waals surface area contributed by atoms with Crippen LogP contribution in [0.4, 0.5) is 5.69 Å². The summed E-state index contributed by atoms with van der Waals surface area (Å²) in [6.45, 7) is 9.23. The molecule has 4 aromatic rings. The number of fused-ring (bicyclic) bond motifs is 1. The predicted octanol–water partition coefficient (Wildman–Crippen LogP) is 5.70. The van der Waals surface area contributed by atoms with Crippen LogP contribution in [0.15, 0.2) is 66.7 Å². The predicted molar refractivity (Wildman–Crippen MR) is 136 cm³/mol. The number of aryl methyl sites for hydroxylation is 1. The normalized spacial score (nSPS) is 12.9. The van der Waals surface area contributed by atoms with Crippen molar-refractivity contribution in [2.24, 2.45) is 0 Å². The van der Waals surface area contributed by atoms with E-state index >= 15 is 0 Å². The first-order chi connectivity index (χ1) is 16.8. The lowest BCUT2D eigenvalue weighted by atomic mass is 10.1. The molecule has 1 aliphatic heterocycles. The first-order valence-corrected chi connectivity index (χ1v) is 11.6. The van der Waals surface area contributed by atoms with Gasteiger partial charge in [-0.05, 0) is 76.2 Å². The molecule has 7 nitrogen and oxygen atoms in total. The molecule has 7 heteroatoms. The number of carbonyl (C=O) groups is 1. The molecule has 5 rings (SSSR count). The summed E-state index contributed by atoms with van der Waals surface area (Å²) in [5.41, 5.74) is 5.30. The van der Waals surface area contributed by atoms with Crippen molar-refractivity contribution in [2.75, 3.05) is 18.5 Å². The number of benzene rings is 2. The van der Waals surface area contributed by atoms with E-state index < -0.39 is 0 Å². The molecule has 2 aromatic heterocycles. The van der Waals surface area contributed by atoms with Gasteiger partial charge in [0.25, 0.3) is 5.91 Å². The number of rotatable bonds is 4. The van der Waals surface area contributed by atoms with E-state index in [1.807, 2.05) is 78.3 Å². The Morgan fingerprint density at radius 2 is 1.57 bits per heavy atom. The van der Waals surface area contributed by atoms with Crippen LogP contribution < -0.4 is 14.8 Å². The zero-order valence-corrected chi connectivity index (χ0v) is 20.3. The Morgan fingerprint density at radius 1 is 0.886 bits per heavy atom. The van der Waals surface area contributed by atoms with E-state index in [4.69, 9.17) is 14.5 Å². The number of nitrogens with zero attached hydrogens (tertiary/aromatic N) is 3. The minimum Gasteiger partial charge on any atom is -0.486 e. The quantitative estimate of drug-likeness (QED) is 0.416. The molecule has 0 saturated carbocycles. The highest BCUT2D eigenvalue weighted by Gasteiger charge is 2.20. The fourth-order valence-electron chi connectivity index (χ4n) is 4.17. The summed E-state index contributed by atoms with van der Waals surface area (Å²) in [6, 6.07) is 21.2. The fraction of sp³-hybridized carbons (Fsp3) is 0.250. The maximum atomic E-state index is 12.9. The molecule has 1 N–H and O–H groups in total. The van der Waals surface area contributed by atoms with Gasteiger partial charge in [0.15, 0.2) is 17.2 Å². The van der Waals surface area contributed by atoms with Crippen LogP contribution in [0.5, 0.6) is 11.5 Å². The number of ether oxygens (including phenoxy) is 2. The van der Waals surface area contributed by atoms with Gasteiger partial charge in [0.1, 0.15) is 13.2 Å². The van der Waals surface area contributed by atoms with Gasteiger partial charge in [-0.15, -0.1) is 0 Å². The van der Waals surface area contributed by atoms with E-state index in [0.29, 0.717) is 24.6 Å². The summed E-state index contributed by atoms with van der Waals surface area (Å²) >= 11 is 0. The number of carbonyl (C=O) groups excluding carboxylic acids is 1. The van der Waals surface area contributed by atoms with E-state index in [9.17, 15) is 4.79 Å². The topological polar surface area (TPSA) is 78.3 Å². The zero-order chi connectivity index (χ0) is 24.6. The Hall–Kier alpha value is -4.13. The molecule has 1 amide bonds. The van der Waals surface area contributed by atoms with E-state index in [1.165, 1.54) is 0 Å². The second kappa shape index (κ2) is 8.91. The van der Waals surface area contributed by atoms with Crippen LogP contribution in [0.1, 0.15) is 37.0 Å². The van der Waals surface area contributed by atoms with Gasteiger partial charge in [-0.1, -0.05) is 18.2 Å². The van der Waals surface area contributed by atoms with Gasteiger partial charge in [0.05, 0.1) is 16.9 Å². The second-order valence-electron chi connectivity index (χ2n) is 9.56. The Labute approximate surface area is 204 Å². The highest BCUT2D eigenvalue weighted by Crippen LogP contribution is 2.34. The molecular weight excluding hydrogens is 440 g/mol. The van der Waals surface area contributed by atoms with Crippen molar-refractivity contribution in [1.82, 2.24) is 14.8 Å². The number of pyridine rings is 1. The molecule has 1 aliphatic rings. The average molecular weight is 469 g/mol. The number of anilines is 1. The third kappa shape index (κ3) is 4.75. The van der Waals surface area contributed by atoms with Crippen LogP contribution >= 0.6 is 0 Å². The van der Waals surface area contributed by atoms with Crippen LogP contribution in [0.2, 0.25) is 0 Å². The van der Waals surface area contributed by atoms with Crippen molar-refractivity contribution < 1.29 is 14.3 Å². The van der Waals surface area contributed by atoms with Crippen LogP contribution in [0.25, 0.3) is 22.5 Å². The Kier molecular flexibility index (Phi) is 5.76. The second-order valence-corrected chi connectivity index (χ2v) is 9.56. The minimum absolute atomic E-state index is 0.198. The standard InChI is InChI=1S/C28H28N4O3/c1-18-15-24(31-32(18)28(2,3)4)27(33)29-21-8-5-7-19(16-21)22-9-6-10-23(30-22)20-11-12-25-26(17-20)35-14-13-34-25/h5-12,15-17H,13-14H2,1-4H3,(H,29,33). The molecule has 0 spiro atoms. The Morgan fingerprint density at radius 3 is 2.29 bits per heavy atom. The number of hydrogen-bond donors (Lipinski definition) is 1. The van der Waals surface area contributed by atoms with Crippen molar-refractivity contribution in [1.29, 1.82) is 0 Å². The SMILES string of the molecule is Cc1cc(C(=O)Nc2cccc(-c3cccc(-c4ccc5c(c4)OCCO5)n3)c2)nn1C(C)(C)C. The van der Waals surface area contributed by atoms with Gasteiger partial charge in [-0.25, -0.2) is 4.98 Å². The highest BCUT2D eigenvalue weighted by atomic mass is 16.6. The third-order valence-electron chi connectivity index (χ3n) is 5.76. The van der Waals surface area contributed by atoms with E-state index in [2.05, 4.69) is 31.2 Å². The number of amides is 1. The third-order valence-corrected chi connectivity index (χ3v) is 5.76. The van der Waals surface area contributed by atoms with Crippen LogP contribution in [0.3, 0.4) is 0 Å². The van der Waals surface area contributed by atoms with Crippen LogP contribution in [-0.2, 0) is 5.54 Å². The van der Waals surface area contributed by atoms with Crippen molar-refractivity contribution >= 4 is 11.6 Å². The van der Waals surface area contributed by atoms with Gasteiger partial charge in [0.2, 0.25) is 0 Å². The Bertz CT molecular complexity index is 1400. The smallest absolute Gasteiger partial charge is 0.276 e. The largest absolute Gasteiger partial charge is 0.486 e. The molecule has 0 atom stereocenters. The lowest BCUT2D eigenvalue weighted by molar-refractivity contribution is 0.102. The van der Waals surface area contributed by atoms with Crippen LogP contribution in [0, 0.1) is 6.92 Å². The summed E-state index contributed by atoms with van der Waals surface area (Å²) < 4.78 is 13.2. The van der Waals surface area contributed by atoms with E-state index in [-0.39, 0.29) is 11.4 Å². The Balaban J connectivity index is 1.38. The minimum atomic E-state index is -0.244. The first-order valence-electron chi connectivity index (χ1n) is 11.6. The molecule has 2 aromatic carbocycles. The molecule has 0 radical (unpaired) electrons. The summed E-state index contributed by atoms with van der Waals surface area (Å²) in [6.07, 6.45) is 0. The monoisotopic (exact) mass is 468 g/mol. The van der Waals surface area contributed by atoms with E-state index in [1.54, 1.807) is 0 Å².